The fraction of sp³-hybridized carbons (Fsp3) is 0.857. The summed E-state index contributed by atoms with van der Waals surface area (Å²) in [5, 5.41) is 7.94. The fourth-order valence-corrected chi connectivity index (χ4v) is 3.17. The second kappa shape index (κ2) is 3.43. The molecule has 0 saturated heterocycles. The average molecular weight is 192 g/mol. The number of hydrogen-bond acceptors (Lipinski definition) is 3. The lowest BCUT2D eigenvalue weighted by Crippen LogP contribution is -2.25. The number of sulfone groups is 1. The molecule has 0 atom stereocenters. The van der Waals surface area contributed by atoms with Gasteiger partial charge in [0, 0.05) is 0 Å². The van der Waals surface area contributed by atoms with Crippen LogP contribution in [0.1, 0.15) is 25.7 Å². The Morgan fingerprint density at radius 3 is 2.25 bits per heavy atom. The molecule has 70 valence electrons. The lowest BCUT2D eigenvalue weighted by molar-refractivity contribution is -0.134. The molecule has 1 rings (SSSR count). The SMILES string of the molecule is O=C(O)CS(=O)(=O)C1CCCC1. The lowest BCUT2D eigenvalue weighted by Gasteiger charge is -2.07. The first-order valence-electron chi connectivity index (χ1n) is 3.96. The van der Waals surface area contributed by atoms with E-state index < -0.39 is 26.8 Å². The van der Waals surface area contributed by atoms with Gasteiger partial charge in [-0.1, -0.05) is 12.8 Å². The summed E-state index contributed by atoms with van der Waals surface area (Å²) in [7, 11) is -3.36. The summed E-state index contributed by atoms with van der Waals surface area (Å²) in [6, 6.07) is 0. The van der Waals surface area contributed by atoms with Crippen LogP contribution in [-0.4, -0.2) is 30.5 Å². The molecule has 1 aliphatic rings. The van der Waals surface area contributed by atoms with Crippen molar-refractivity contribution in [2.45, 2.75) is 30.9 Å². The van der Waals surface area contributed by atoms with Crippen LogP contribution in [0.4, 0.5) is 0 Å². The molecule has 1 saturated carbocycles. The zero-order valence-corrected chi connectivity index (χ0v) is 7.51. The van der Waals surface area contributed by atoms with Gasteiger partial charge in [-0.2, -0.15) is 0 Å². The Labute approximate surface area is 71.5 Å². The first-order valence-corrected chi connectivity index (χ1v) is 5.67. The van der Waals surface area contributed by atoms with Gasteiger partial charge in [0.05, 0.1) is 5.25 Å². The molecule has 0 aromatic carbocycles. The van der Waals surface area contributed by atoms with Crippen LogP contribution in [0, 0.1) is 0 Å². The third-order valence-corrected chi connectivity index (χ3v) is 4.27. The van der Waals surface area contributed by atoms with Crippen molar-refractivity contribution >= 4 is 15.8 Å². The van der Waals surface area contributed by atoms with Crippen LogP contribution < -0.4 is 0 Å². The van der Waals surface area contributed by atoms with Crippen LogP contribution in [0.5, 0.6) is 0 Å². The molecule has 0 radical (unpaired) electrons. The maximum atomic E-state index is 11.3. The zero-order chi connectivity index (χ0) is 9.19. The smallest absolute Gasteiger partial charge is 0.318 e. The van der Waals surface area contributed by atoms with Crippen molar-refractivity contribution in [2.75, 3.05) is 5.75 Å². The lowest BCUT2D eigenvalue weighted by atomic mass is 10.4. The predicted octanol–water partition coefficient (Wildman–Crippen LogP) is 0.428. The Kier molecular flexibility index (Phi) is 2.72. The number of aliphatic carboxylic acids is 1. The van der Waals surface area contributed by atoms with Gasteiger partial charge in [-0.3, -0.25) is 4.79 Å². The number of rotatable bonds is 3. The quantitative estimate of drug-likeness (QED) is 0.703. The minimum atomic E-state index is -3.36. The summed E-state index contributed by atoms with van der Waals surface area (Å²) in [5.41, 5.74) is 0. The second-order valence-electron chi connectivity index (χ2n) is 3.11. The maximum absolute atomic E-state index is 11.3. The molecule has 0 aromatic rings. The standard InChI is InChI=1S/C7H12O4S/c8-7(9)5-12(10,11)6-3-1-2-4-6/h6H,1-5H2,(H,8,9). The third kappa shape index (κ3) is 2.20. The number of carbonyl (C=O) groups is 1. The molecule has 1 aliphatic carbocycles. The van der Waals surface area contributed by atoms with Crippen molar-refractivity contribution in [1.82, 2.24) is 0 Å². The highest BCUT2D eigenvalue weighted by Crippen LogP contribution is 2.24. The average Bonchev–Trinajstić information content (AvgIpc) is 2.32. The Morgan fingerprint density at radius 2 is 1.83 bits per heavy atom. The summed E-state index contributed by atoms with van der Waals surface area (Å²) in [6.07, 6.45) is 3.08. The van der Waals surface area contributed by atoms with Gasteiger partial charge in [0.1, 0.15) is 5.75 Å². The Balaban J connectivity index is 2.64. The van der Waals surface area contributed by atoms with Crippen molar-refractivity contribution in [3.05, 3.63) is 0 Å². The Morgan fingerprint density at radius 1 is 1.33 bits per heavy atom. The van der Waals surface area contributed by atoms with Gasteiger partial charge in [-0.15, -0.1) is 0 Å². The fourth-order valence-electron chi connectivity index (χ4n) is 1.54. The van der Waals surface area contributed by atoms with Gasteiger partial charge in [-0.05, 0) is 12.8 Å². The second-order valence-corrected chi connectivity index (χ2v) is 5.39. The molecule has 0 bridgehead atoms. The highest BCUT2D eigenvalue weighted by atomic mass is 32.2. The van der Waals surface area contributed by atoms with Gasteiger partial charge in [-0.25, -0.2) is 8.42 Å². The highest BCUT2D eigenvalue weighted by molar-refractivity contribution is 7.92. The summed E-state index contributed by atoms with van der Waals surface area (Å²) in [5.74, 6) is -1.96. The normalized spacial score (nSPS) is 19.7. The van der Waals surface area contributed by atoms with Crippen molar-refractivity contribution in [1.29, 1.82) is 0 Å². The van der Waals surface area contributed by atoms with Gasteiger partial charge in [0.15, 0.2) is 9.84 Å². The zero-order valence-electron chi connectivity index (χ0n) is 6.69. The molecule has 1 fully saturated rings. The van der Waals surface area contributed by atoms with E-state index >= 15 is 0 Å². The topological polar surface area (TPSA) is 71.4 Å². The van der Waals surface area contributed by atoms with E-state index in [0.29, 0.717) is 12.8 Å². The van der Waals surface area contributed by atoms with Crippen molar-refractivity contribution in [3.63, 3.8) is 0 Å². The first kappa shape index (κ1) is 9.51. The number of carboxylic acids is 1. The van der Waals surface area contributed by atoms with Crippen molar-refractivity contribution in [2.24, 2.45) is 0 Å². The molecule has 0 unspecified atom stereocenters. The van der Waals surface area contributed by atoms with Crippen LogP contribution in [-0.2, 0) is 14.6 Å². The van der Waals surface area contributed by atoms with E-state index in [9.17, 15) is 13.2 Å². The van der Waals surface area contributed by atoms with Crippen LogP contribution >= 0.6 is 0 Å². The Hall–Kier alpha value is -0.580. The van der Waals surface area contributed by atoms with Crippen LogP contribution in [0.25, 0.3) is 0 Å². The molecule has 0 heterocycles. The van der Waals surface area contributed by atoms with Gasteiger partial charge in [0.2, 0.25) is 0 Å². The molecule has 5 heteroatoms. The largest absolute Gasteiger partial charge is 0.480 e. The molecular weight excluding hydrogens is 180 g/mol. The van der Waals surface area contributed by atoms with E-state index in [1.807, 2.05) is 0 Å². The summed E-state index contributed by atoms with van der Waals surface area (Å²) >= 11 is 0. The molecule has 0 aliphatic heterocycles. The minimum Gasteiger partial charge on any atom is -0.480 e. The van der Waals surface area contributed by atoms with E-state index in [0.717, 1.165) is 12.8 Å². The van der Waals surface area contributed by atoms with Gasteiger partial charge in [0.25, 0.3) is 0 Å². The predicted molar refractivity (Wildman–Crippen MR) is 43.7 cm³/mol. The van der Waals surface area contributed by atoms with E-state index in [-0.39, 0.29) is 0 Å². The summed E-state index contributed by atoms with van der Waals surface area (Å²) in [4.78, 5) is 10.2. The first-order chi connectivity index (χ1) is 5.52. The molecule has 0 amide bonds. The van der Waals surface area contributed by atoms with Crippen molar-refractivity contribution < 1.29 is 18.3 Å². The highest BCUT2D eigenvalue weighted by Gasteiger charge is 2.30. The van der Waals surface area contributed by atoms with E-state index in [1.54, 1.807) is 0 Å². The van der Waals surface area contributed by atoms with E-state index in [4.69, 9.17) is 5.11 Å². The number of carboxylic acid groups (broad SMARTS) is 1. The Bertz CT molecular complexity index is 261. The van der Waals surface area contributed by atoms with Crippen LogP contribution in [0.3, 0.4) is 0 Å². The van der Waals surface area contributed by atoms with E-state index in [2.05, 4.69) is 0 Å². The molecule has 0 aromatic heterocycles. The summed E-state index contributed by atoms with van der Waals surface area (Å²) < 4.78 is 22.5. The monoisotopic (exact) mass is 192 g/mol. The minimum absolute atomic E-state index is 0.395. The van der Waals surface area contributed by atoms with Crippen molar-refractivity contribution in [3.8, 4) is 0 Å². The molecule has 0 spiro atoms. The molecular formula is C7H12O4S. The number of hydrogen-bond donors (Lipinski definition) is 1. The maximum Gasteiger partial charge on any atom is 0.318 e. The van der Waals surface area contributed by atoms with Gasteiger partial charge >= 0.3 is 5.97 Å². The molecule has 4 nitrogen and oxygen atoms in total. The van der Waals surface area contributed by atoms with Gasteiger partial charge < -0.3 is 5.11 Å². The van der Waals surface area contributed by atoms with Crippen LogP contribution in [0.2, 0.25) is 0 Å². The summed E-state index contributed by atoms with van der Waals surface area (Å²) in [6.45, 7) is 0. The van der Waals surface area contributed by atoms with Crippen LogP contribution in [0.15, 0.2) is 0 Å². The van der Waals surface area contributed by atoms with E-state index in [1.165, 1.54) is 0 Å². The third-order valence-electron chi connectivity index (χ3n) is 2.13. The molecule has 12 heavy (non-hydrogen) atoms. The molecule has 1 N–H and O–H groups in total.